The number of nitrogen functional groups attached to an aromatic ring is 1. The van der Waals surface area contributed by atoms with Crippen molar-refractivity contribution in [1.82, 2.24) is 5.32 Å². The number of primary amides is 1. The number of nitrogens with one attached hydrogen (secondary N) is 1. The maximum atomic E-state index is 12.4. The van der Waals surface area contributed by atoms with Crippen molar-refractivity contribution in [3.8, 4) is 0 Å². The summed E-state index contributed by atoms with van der Waals surface area (Å²) in [5, 5.41) is 13.7. The minimum Gasteiger partial charge on any atom is -0.393 e. The molecule has 124 valence electrons. The fourth-order valence-electron chi connectivity index (χ4n) is 2.92. The third kappa shape index (κ3) is 3.97. The smallest absolute Gasteiger partial charge is 0.292 e. The zero-order valence-corrected chi connectivity index (χ0v) is 12.7. The van der Waals surface area contributed by atoms with Crippen LogP contribution in [0.5, 0.6) is 0 Å². The molecule has 0 unspecified atom stereocenters. The molecule has 1 aliphatic rings. The summed E-state index contributed by atoms with van der Waals surface area (Å²) in [7, 11) is 0. The van der Waals surface area contributed by atoms with Gasteiger partial charge in [-0.15, -0.1) is 0 Å². The molecule has 2 amide bonds. The second kappa shape index (κ2) is 7.08. The zero-order valence-electron chi connectivity index (χ0n) is 12.7. The van der Waals surface area contributed by atoms with E-state index >= 15 is 0 Å². The number of nitrogens with zero attached hydrogens (tertiary/aromatic N) is 1. The van der Waals surface area contributed by atoms with Crippen molar-refractivity contribution < 1.29 is 14.5 Å². The first-order valence-corrected chi connectivity index (χ1v) is 7.54. The van der Waals surface area contributed by atoms with Crippen LogP contribution in [-0.2, 0) is 4.79 Å². The molecule has 0 spiro atoms. The van der Waals surface area contributed by atoms with Gasteiger partial charge in [0.2, 0.25) is 5.91 Å². The van der Waals surface area contributed by atoms with Gasteiger partial charge < -0.3 is 16.8 Å². The largest absolute Gasteiger partial charge is 0.393 e. The van der Waals surface area contributed by atoms with Crippen molar-refractivity contribution in [3.05, 3.63) is 33.9 Å². The highest BCUT2D eigenvalue weighted by molar-refractivity contribution is 5.96. The highest BCUT2D eigenvalue weighted by Crippen LogP contribution is 2.25. The number of hydrogen-bond acceptors (Lipinski definition) is 5. The number of carbonyl (C=O) groups excluding carboxylic acids is 2. The van der Waals surface area contributed by atoms with Crippen molar-refractivity contribution in [2.24, 2.45) is 11.7 Å². The lowest BCUT2D eigenvalue weighted by molar-refractivity contribution is -0.383. The van der Waals surface area contributed by atoms with Gasteiger partial charge in [0.25, 0.3) is 11.6 Å². The van der Waals surface area contributed by atoms with Gasteiger partial charge in [-0.1, -0.05) is 19.3 Å². The number of benzene rings is 1. The predicted molar refractivity (Wildman–Crippen MR) is 84.5 cm³/mol. The van der Waals surface area contributed by atoms with Crippen LogP contribution in [0.2, 0.25) is 0 Å². The lowest BCUT2D eigenvalue weighted by atomic mass is 9.93. The Morgan fingerprint density at radius 1 is 1.22 bits per heavy atom. The Balaban J connectivity index is 2.18. The number of hydrogen-bond donors (Lipinski definition) is 3. The summed E-state index contributed by atoms with van der Waals surface area (Å²) >= 11 is 0. The van der Waals surface area contributed by atoms with Gasteiger partial charge >= 0.3 is 0 Å². The molecular weight excluding hydrogens is 300 g/mol. The highest BCUT2D eigenvalue weighted by atomic mass is 16.6. The lowest BCUT2D eigenvalue weighted by Gasteiger charge is -2.23. The van der Waals surface area contributed by atoms with Crippen molar-refractivity contribution >= 4 is 23.2 Å². The summed E-state index contributed by atoms with van der Waals surface area (Å²) in [6.07, 6.45) is 4.09. The van der Waals surface area contributed by atoms with Gasteiger partial charge in [-0.2, -0.15) is 0 Å². The summed E-state index contributed by atoms with van der Waals surface area (Å²) in [5.74, 6) is -1.31. The standard InChI is InChI=1S/C15H20N4O4/c16-11-7-6-9(8-13(11)19(22)23)15(21)18-12-5-3-1-2-4-10(12)14(17)20/h6-8,10,12H,1-5,16H2,(H2,17,20)(H,18,21)/t10-,12+/m1/s1. The van der Waals surface area contributed by atoms with Crippen LogP contribution in [-0.4, -0.2) is 22.8 Å². The minimum atomic E-state index is -0.635. The first-order valence-electron chi connectivity index (χ1n) is 7.54. The Morgan fingerprint density at radius 3 is 2.57 bits per heavy atom. The average molecular weight is 320 g/mol. The summed E-state index contributed by atoms with van der Waals surface area (Å²) in [6.45, 7) is 0. The van der Waals surface area contributed by atoms with Crippen molar-refractivity contribution in [2.45, 2.75) is 38.1 Å². The maximum Gasteiger partial charge on any atom is 0.292 e. The molecule has 2 atom stereocenters. The second-order valence-corrected chi connectivity index (χ2v) is 5.76. The van der Waals surface area contributed by atoms with Crippen molar-refractivity contribution in [2.75, 3.05) is 5.73 Å². The fourth-order valence-corrected chi connectivity index (χ4v) is 2.92. The minimum absolute atomic E-state index is 0.00368. The van der Waals surface area contributed by atoms with Crippen LogP contribution in [0.1, 0.15) is 42.5 Å². The molecule has 1 saturated carbocycles. The van der Waals surface area contributed by atoms with Gasteiger partial charge in [0, 0.05) is 17.7 Å². The lowest BCUT2D eigenvalue weighted by Crippen LogP contribution is -2.44. The third-order valence-electron chi connectivity index (χ3n) is 4.19. The number of amides is 2. The van der Waals surface area contributed by atoms with Gasteiger partial charge in [-0.3, -0.25) is 19.7 Å². The molecule has 0 aliphatic heterocycles. The number of nitro groups is 1. The quantitative estimate of drug-likeness (QED) is 0.332. The zero-order chi connectivity index (χ0) is 17.0. The van der Waals surface area contributed by atoms with E-state index in [0.29, 0.717) is 12.8 Å². The molecule has 1 fully saturated rings. The fraction of sp³-hybridized carbons (Fsp3) is 0.467. The van der Waals surface area contributed by atoms with Crippen molar-refractivity contribution in [3.63, 3.8) is 0 Å². The first-order chi connectivity index (χ1) is 10.9. The van der Waals surface area contributed by atoms with Crippen LogP contribution >= 0.6 is 0 Å². The average Bonchev–Trinajstić information content (AvgIpc) is 2.72. The molecule has 1 aromatic rings. The van der Waals surface area contributed by atoms with Crippen LogP contribution in [0, 0.1) is 16.0 Å². The monoisotopic (exact) mass is 320 g/mol. The van der Waals surface area contributed by atoms with Crippen LogP contribution in [0.4, 0.5) is 11.4 Å². The van der Waals surface area contributed by atoms with E-state index in [1.54, 1.807) is 0 Å². The molecule has 23 heavy (non-hydrogen) atoms. The first kappa shape index (κ1) is 16.7. The number of carbonyl (C=O) groups is 2. The summed E-state index contributed by atoms with van der Waals surface area (Å²) in [6, 6.07) is 3.54. The van der Waals surface area contributed by atoms with E-state index in [4.69, 9.17) is 11.5 Å². The van der Waals surface area contributed by atoms with Gasteiger partial charge in [0.05, 0.1) is 10.8 Å². The number of rotatable bonds is 4. The molecule has 5 N–H and O–H groups in total. The van der Waals surface area contributed by atoms with Gasteiger partial charge in [-0.25, -0.2) is 0 Å². The Kier molecular flexibility index (Phi) is 5.15. The molecule has 0 heterocycles. The van der Waals surface area contributed by atoms with E-state index in [9.17, 15) is 19.7 Å². The molecule has 0 radical (unpaired) electrons. The molecule has 0 bridgehead atoms. The van der Waals surface area contributed by atoms with Crippen molar-refractivity contribution in [1.29, 1.82) is 0 Å². The van der Waals surface area contributed by atoms with Crippen LogP contribution < -0.4 is 16.8 Å². The molecular formula is C15H20N4O4. The summed E-state index contributed by atoms with van der Waals surface area (Å²) in [5.41, 5.74) is 10.8. The maximum absolute atomic E-state index is 12.4. The SMILES string of the molecule is NC(=O)[C@@H]1CCCCC[C@@H]1NC(=O)c1ccc(N)c([N+](=O)[O-])c1. The van der Waals surface area contributed by atoms with E-state index in [0.717, 1.165) is 25.3 Å². The number of nitro benzene ring substituents is 1. The van der Waals surface area contributed by atoms with Gasteiger partial charge in [-0.05, 0) is 25.0 Å². The molecule has 1 aromatic carbocycles. The third-order valence-corrected chi connectivity index (χ3v) is 4.19. The summed E-state index contributed by atoms with van der Waals surface area (Å²) in [4.78, 5) is 34.2. The van der Waals surface area contributed by atoms with E-state index in [1.807, 2.05) is 0 Å². The Labute approximate surface area is 133 Å². The molecule has 8 nitrogen and oxygen atoms in total. The summed E-state index contributed by atoms with van der Waals surface area (Å²) < 4.78 is 0. The Bertz CT molecular complexity index is 632. The van der Waals surface area contributed by atoms with Gasteiger partial charge in [0.1, 0.15) is 5.69 Å². The van der Waals surface area contributed by atoms with E-state index in [2.05, 4.69) is 5.32 Å². The molecule has 0 saturated heterocycles. The topological polar surface area (TPSA) is 141 Å². The Hall–Kier alpha value is -2.64. The van der Waals surface area contributed by atoms with Gasteiger partial charge in [0.15, 0.2) is 0 Å². The number of anilines is 1. The molecule has 2 rings (SSSR count). The predicted octanol–water partition coefficient (Wildman–Crippen LogP) is 1.34. The molecule has 1 aliphatic carbocycles. The highest BCUT2D eigenvalue weighted by Gasteiger charge is 2.29. The molecule has 0 aromatic heterocycles. The normalized spacial score (nSPS) is 21.2. The van der Waals surface area contributed by atoms with E-state index < -0.39 is 22.7 Å². The van der Waals surface area contributed by atoms with Crippen LogP contribution in [0.15, 0.2) is 18.2 Å². The second-order valence-electron chi connectivity index (χ2n) is 5.76. The Morgan fingerprint density at radius 2 is 1.91 bits per heavy atom. The number of nitrogens with two attached hydrogens (primary N) is 2. The van der Waals surface area contributed by atoms with Crippen LogP contribution in [0.3, 0.4) is 0 Å². The van der Waals surface area contributed by atoms with E-state index in [-0.39, 0.29) is 23.0 Å². The van der Waals surface area contributed by atoms with Crippen LogP contribution in [0.25, 0.3) is 0 Å². The molecule has 8 heteroatoms. The van der Waals surface area contributed by atoms with E-state index in [1.165, 1.54) is 12.1 Å².